The fourth-order valence-corrected chi connectivity index (χ4v) is 10.3. The zero-order valence-corrected chi connectivity index (χ0v) is 30.3. The number of fused-ring (bicyclic) bond motifs is 4. The van der Waals surface area contributed by atoms with Crippen LogP contribution in [0.4, 0.5) is 11.5 Å². The van der Waals surface area contributed by atoms with Gasteiger partial charge in [-0.3, -0.25) is 19.0 Å². The third-order valence-electron chi connectivity index (χ3n) is 10.9. The molecule has 11 nitrogen and oxygen atoms in total. The summed E-state index contributed by atoms with van der Waals surface area (Å²) in [5, 5.41) is 4.76. The first-order valence-corrected chi connectivity index (χ1v) is 19.4. The van der Waals surface area contributed by atoms with Gasteiger partial charge >= 0.3 is 0 Å². The fourth-order valence-electron chi connectivity index (χ4n) is 8.25. The molecule has 2 bridgehead atoms. The number of aromatic nitrogens is 2. The minimum Gasteiger partial charge on any atom is -0.490 e. The van der Waals surface area contributed by atoms with Crippen molar-refractivity contribution in [2.75, 3.05) is 43.2 Å². The van der Waals surface area contributed by atoms with Crippen LogP contribution in [-0.2, 0) is 33.5 Å². The second-order valence-electron chi connectivity index (χ2n) is 14.5. The first-order chi connectivity index (χ1) is 24.0. The van der Waals surface area contributed by atoms with E-state index in [4.69, 9.17) is 26.8 Å². The second-order valence-corrected chi connectivity index (χ2v) is 16.9. The van der Waals surface area contributed by atoms with Gasteiger partial charge in [0.25, 0.3) is 11.8 Å². The van der Waals surface area contributed by atoms with E-state index in [1.54, 1.807) is 20.2 Å². The van der Waals surface area contributed by atoms with Gasteiger partial charge in [0, 0.05) is 49.4 Å². The summed E-state index contributed by atoms with van der Waals surface area (Å²) in [5.74, 6) is -0.201. The molecule has 7 rings (SSSR count). The third kappa shape index (κ3) is 6.77. The highest BCUT2D eigenvalue weighted by atomic mass is 35.5. The van der Waals surface area contributed by atoms with E-state index >= 15 is 0 Å². The number of halogens is 1. The summed E-state index contributed by atoms with van der Waals surface area (Å²) < 4.78 is 35.4. The van der Waals surface area contributed by atoms with Crippen LogP contribution in [-0.4, -0.2) is 64.5 Å². The molecule has 1 aromatic heterocycles. The summed E-state index contributed by atoms with van der Waals surface area (Å²) in [6, 6.07) is 11.5. The number of nitrogens with two attached hydrogens (primary N) is 1. The molecular weight excluding hydrogens is 676 g/mol. The number of amides is 2. The van der Waals surface area contributed by atoms with Crippen molar-refractivity contribution in [2.45, 2.75) is 57.0 Å². The molecule has 2 aliphatic carbocycles. The van der Waals surface area contributed by atoms with Crippen molar-refractivity contribution in [3.8, 4) is 5.75 Å². The molecule has 1 fully saturated rings. The van der Waals surface area contributed by atoms with Crippen molar-refractivity contribution < 1.29 is 23.3 Å². The molecule has 2 aromatic carbocycles. The Bertz CT molecular complexity index is 1970. The normalized spacial score (nSPS) is 30.2. The van der Waals surface area contributed by atoms with Gasteiger partial charge in [0.1, 0.15) is 21.2 Å². The number of nitrogen functional groups attached to an aromatic ring is 1. The summed E-state index contributed by atoms with van der Waals surface area (Å²) in [4.78, 5) is 29.7. The van der Waals surface area contributed by atoms with E-state index in [0.717, 1.165) is 49.4 Å². The van der Waals surface area contributed by atoms with Gasteiger partial charge in [0.15, 0.2) is 5.82 Å². The van der Waals surface area contributed by atoms with Crippen LogP contribution < -0.4 is 20.1 Å². The number of rotatable bonds is 3. The molecule has 50 heavy (non-hydrogen) atoms. The van der Waals surface area contributed by atoms with Gasteiger partial charge in [-0.25, -0.2) is 4.21 Å². The Kier molecular flexibility index (Phi) is 9.46. The quantitative estimate of drug-likeness (QED) is 0.328. The Labute approximate surface area is 298 Å². The van der Waals surface area contributed by atoms with Crippen LogP contribution in [0.5, 0.6) is 5.75 Å². The highest BCUT2D eigenvalue weighted by Gasteiger charge is 2.44. The lowest BCUT2D eigenvalue weighted by atomic mass is 9.68. The van der Waals surface area contributed by atoms with E-state index in [9.17, 15) is 13.8 Å². The maximum Gasteiger partial charge on any atom is 0.286 e. The smallest absolute Gasteiger partial charge is 0.286 e. The highest BCUT2D eigenvalue weighted by Crippen LogP contribution is 2.47. The number of nitrogens with one attached hydrogen (secondary N) is 1. The number of hydrogen-bond acceptors (Lipinski definition) is 8. The molecule has 4 aliphatic rings. The van der Waals surface area contributed by atoms with Crippen molar-refractivity contribution in [1.29, 1.82) is 0 Å². The van der Waals surface area contributed by atoms with Crippen molar-refractivity contribution in [3.05, 3.63) is 82.0 Å². The number of ether oxygens (including phenoxy) is 2. The van der Waals surface area contributed by atoms with E-state index in [-0.39, 0.29) is 40.1 Å². The first kappa shape index (κ1) is 34.6. The molecule has 6 atom stereocenters. The highest BCUT2D eigenvalue weighted by molar-refractivity contribution is 7.92. The van der Waals surface area contributed by atoms with E-state index in [1.165, 1.54) is 22.0 Å². The van der Waals surface area contributed by atoms with Crippen LogP contribution in [0, 0.1) is 17.8 Å². The molecule has 3 heterocycles. The number of nitrogens with zero attached hydrogens (tertiary/aromatic N) is 4. The second kappa shape index (κ2) is 13.7. The molecule has 0 saturated heterocycles. The Morgan fingerprint density at radius 3 is 2.80 bits per heavy atom. The van der Waals surface area contributed by atoms with Crippen LogP contribution in [0.1, 0.15) is 70.9 Å². The number of anilines is 2. The number of benzene rings is 2. The lowest BCUT2D eigenvalue weighted by Gasteiger charge is -2.46. The molecule has 266 valence electrons. The third-order valence-corrected chi connectivity index (χ3v) is 13.1. The zero-order valence-electron chi connectivity index (χ0n) is 28.8. The van der Waals surface area contributed by atoms with E-state index < -0.39 is 21.7 Å². The summed E-state index contributed by atoms with van der Waals surface area (Å²) in [7, 11) is -0.196. The van der Waals surface area contributed by atoms with Crippen molar-refractivity contribution in [1.82, 2.24) is 14.5 Å². The van der Waals surface area contributed by atoms with Crippen molar-refractivity contribution in [3.63, 3.8) is 0 Å². The van der Waals surface area contributed by atoms with Crippen molar-refractivity contribution in [2.24, 2.45) is 29.2 Å². The predicted molar refractivity (Wildman–Crippen MR) is 195 cm³/mol. The van der Waals surface area contributed by atoms with Crippen LogP contribution >= 0.6 is 11.6 Å². The molecule has 2 aliphatic heterocycles. The molecule has 3 N–H and O–H groups in total. The van der Waals surface area contributed by atoms with Crippen LogP contribution in [0.2, 0.25) is 5.02 Å². The summed E-state index contributed by atoms with van der Waals surface area (Å²) in [5.41, 5.74) is 9.35. The Morgan fingerprint density at radius 2 is 2.06 bits per heavy atom. The van der Waals surface area contributed by atoms with E-state index in [2.05, 4.69) is 43.4 Å². The number of aryl methyl sites for hydroxylation is 2. The zero-order chi connectivity index (χ0) is 35.2. The topological polar surface area (TPSA) is 141 Å². The fraction of sp³-hybridized carbons (Fsp3) is 0.486. The number of hydrogen-bond donors (Lipinski definition) is 2. The summed E-state index contributed by atoms with van der Waals surface area (Å²) >= 11 is 6.45. The van der Waals surface area contributed by atoms with Crippen LogP contribution in [0.15, 0.2) is 59.1 Å². The summed E-state index contributed by atoms with van der Waals surface area (Å²) in [6.07, 6.45) is 11.2. The standard InChI is InChI=1S/C37H45ClN6O5S/c1-23-6-4-8-32(48-3)28-12-9-26(28)18-44-21-37(15-5-7-24-16-27(38)11-13-30(24)37)22-49-33-14-10-25(17-31(33)44)35(45)41-50(47,20-23)42-36(46)29-19-43(2)40-34(29)39/h4,8,10-11,13-14,16-17,19,23,26,28,32H,5-7,9,12,15,18,20-22H2,1-3H3,(H2,39,40)(H,41,42,45,46,47)/b8-4+/t23-,26-,28+,32-,37-,50?/m0/s1. The minimum atomic E-state index is -3.59. The number of methoxy groups -OCH3 is 1. The van der Waals surface area contributed by atoms with Gasteiger partial charge in [0.05, 0.1) is 24.2 Å². The first-order valence-electron chi connectivity index (χ1n) is 17.4. The lowest BCUT2D eigenvalue weighted by Crippen LogP contribution is -2.49. The average Bonchev–Trinajstić information content (AvgIpc) is 3.33. The van der Waals surface area contributed by atoms with Gasteiger partial charge in [0.2, 0.25) is 0 Å². The number of carbonyl (C=O) groups is 2. The lowest BCUT2D eigenvalue weighted by molar-refractivity contribution is 0.0131. The van der Waals surface area contributed by atoms with Gasteiger partial charge < -0.3 is 20.1 Å². The van der Waals surface area contributed by atoms with Crippen LogP contribution in [0.3, 0.4) is 0 Å². The number of carbonyl (C=O) groups excluding carboxylic acids is 2. The molecule has 1 spiro atoms. The molecular formula is C37H45ClN6O5S. The van der Waals surface area contributed by atoms with Crippen molar-refractivity contribution >= 4 is 44.8 Å². The van der Waals surface area contributed by atoms with Gasteiger partial charge in [-0.05, 0) is 97.7 Å². The summed E-state index contributed by atoms with van der Waals surface area (Å²) in [6.45, 7) is 3.90. The Morgan fingerprint density at radius 1 is 1.22 bits per heavy atom. The Balaban J connectivity index is 1.31. The van der Waals surface area contributed by atoms with E-state index in [1.807, 2.05) is 25.1 Å². The van der Waals surface area contributed by atoms with Gasteiger partial charge in [-0.15, -0.1) is 4.36 Å². The maximum absolute atomic E-state index is 14.5. The number of allylic oxidation sites excluding steroid dienone is 1. The Hall–Kier alpha value is -3.87. The molecule has 2 amide bonds. The predicted octanol–water partition coefficient (Wildman–Crippen LogP) is 5.72. The SMILES string of the molecule is CO[C@H]1/C=C/C[C@H](C)CS(=O)(NC(=O)c2cn(C)nc2N)=NC(=O)c2ccc3c(c2)N(C[C@@H]2CC[C@H]21)C[C@@]1(CCCc2cc(Cl)ccc21)CO3. The molecule has 1 saturated carbocycles. The monoisotopic (exact) mass is 720 g/mol. The van der Waals surface area contributed by atoms with Crippen LogP contribution in [0.25, 0.3) is 0 Å². The molecule has 3 aromatic rings. The maximum atomic E-state index is 14.5. The molecule has 13 heteroatoms. The minimum absolute atomic E-state index is 0.00396. The molecule has 0 radical (unpaired) electrons. The van der Waals surface area contributed by atoms with Gasteiger partial charge in [-0.1, -0.05) is 36.7 Å². The van der Waals surface area contributed by atoms with E-state index in [0.29, 0.717) is 37.2 Å². The molecule has 1 unspecified atom stereocenters. The largest absolute Gasteiger partial charge is 0.490 e. The average molecular weight is 721 g/mol. The van der Waals surface area contributed by atoms with Gasteiger partial charge in [-0.2, -0.15) is 5.10 Å².